The Morgan fingerprint density at radius 2 is 2.17 bits per heavy atom. The molecule has 0 amide bonds. The third-order valence-electron chi connectivity index (χ3n) is 4.63. The zero-order valence-corrected chi connectivity index (χ0v) is 10.5. The first-order valence-electron chi connectivity index (χ1n) is 6.76. The Labute approximate surface area is 107 Å². The number of benzene rings is 1. The zero-order chi connectivity index (χ0) is 12.6. The summed E-state index contributed by atoms with van der Waals surface area (Å²) >= 11 is 0. The van der Waals surface area contributed by atoms with E-state index in [1.807, 2.05) is 6.07 Å². The largest absolute Gasteiger partial charge is 0.481 e. The van der Waals surface area contributed by atoms with Crippen molar-refractivity contribution in [2.24, 2.45) is 5.92 Å². The van der Waals surface area contributed by atoms with Crippen LogP contribution in [0.1, 0.15) is 30.4 Å². The van der Waals surface area contributed by atoms with E-state index in [9.17, 15) is 9.90 Å². The van der Waals surface area contributed by atoms with Gasteiger partial charge in [0, 0.05) is 18.5 Å². The van der Waals surface area contributed by atoms with E-state index >= 15 is 0 Å². The highest BCUT2D eigenvalue weighted by atomic mass is 16.4. The highest BCUT2D eigenvalue weighted by Crippen LogP contribution is 2.44. The summed E-state index contributed by atoms with van der Waals surface area (Å²) in [7, 11) is 0. The first kappa shape index (κ1) is 11.7. The van der Waals surface area contributed by atoms with Gasteiger partial charge < -0.3 is 10.4 Å². The second kappa shape index (κ2) is 4.39. The summed E-state index contributed by atoms with van der Waals surface area (Å²) in [6, 6.07) is 8.42. The molecule has 2 N–H and O–H groups in total. The van der Waals surface area contributed by atoms with Crippen molar-refractivity contribution in [2.75, 3.05) is 13.1 Å². The van der Waals surface area contributed by atoms with E-state index in [4.69, 9.17) is 0 Å². The van der Waals surface area contributed by atoms with Gasteiger partial charge >= 0.3 is 5.97 Å². The van der Waals surface area contributed by atoms with Gasteiger partial charge in [0.05, 0.1) is 5.92 Å². The summed E-state index contributed by atoms with van der Waals surface area (Å²) in [4.78, 5) is 11.6. The van der Waals surface area contributed by atoms with Gasteiger partial charge in [-0.2, -0.15) is 0 Å². The van der Waals surface area contributed by atoms with Crippen LogP contribution in [-0.4, -0.2) is 24.2 Å². The van der Waals surface area contributed by atoms with E-state index in [-0.39, 0.29) is 11.3 Å². The average molecular weight is 245 g/mol. The van der Waals surface area contributed by atoms with Crippen LogP contribution < -0.4 is 5.32 Å². The van der Waals surface area contributed by atoms with Gasteiger partial charge in [0.2, 0.25) is 0 Å². The molecule has 0 radical (unpaired) electrons. The molecular formula is C15H19NO2. The minimum Gasteiger partial charge on any atom is -0.481 e. The SMILES string of the molecule is O=C(O)C1CNCC12CCCCc1ccccc12. The van der Waals surface area contributed by atoms with Crippen LogP contribution in [0.3, 0.4) is 0 Å². The Bertz CT molecular complexity index is 471. The predicted octanol–water partition coefficient (Wildman–Crippen LogP) is 1.95. The van der Waals surface area contributed by atoms with Crippen LogP contribution in [0.5, 0.6) is 0 Å². The van der Waals surface area contributed by atoms with Crippen LogP contribution >= 0.6 is 0 Å². The van der Waals surface area contributed by atoms with Crippen molar-refractivity contribution in [2.45, 2.75) is 31.1 Å². The van der Waals surface area contributed by atoms with E-state index in [0.29, 0.717) is 6.54 Å². The minimum absolute atomic E-state index is 0.182. The van der Waals surface area contributed by atoms with Gasteiger partial charge in [-0.05, 0) is 30.4 Å². The lowest BCUT2D eigenvalue weighted by Crippen LogP contribution is -2.39. The van der Waals surface area contributed by atoms with E-state index in [1.165, 1.54) is 17.5 Å². The number of carboxylic acid groups (broad SMARTS) is 1. The lowest BCUT2D eigenvalue weighted by Gasteiger charge is -2.33. The minimum atomic E-state index is -0.656. The predicted molar refractivity (Wildman–Crippen MR) is 69.7 cm³/mol. The van der Waals surface area contributed by atoms with E-state index in [1.54, 1.807) is 0 Å². The fourth-order valence-corrected chi connectivity index (χ4v) is 3.74. The second-order valence-electron chi connectivity index (χ2n) is 5.54. The number of carbonyl (C=O) groups is 1. The molecular weight excluding hydrogens is 226 g/mol. The maximum atomic E-state index is 11.6. The molecule has 2 atom stereocenters. The Kier molecular flexibility index (Phi) is 2.86. The molecule has 1 heterocycles. The molecule has 1 fully saturated rings. The summed E-state index contributed by atoms with van der Waals surface area (Å²) in [5.41, 5.74) is 2.45. The molecule has 1 saturated heterocycles. The van der Waals surface area contributed by atoms with Crippen LogP contribution in [-0.2, 0) is 16.6 Å². The highest BCUT2D eigenvalue weighted by molar-refractivity contribution is 5.74. The summed E-state index contributed by atoms with van der Waals surface area (Å²) in [5, 5.41) is 12.8. The number of nitrogens with one attached hydrogen (secondary N) is 1. The highest BCUT2D eigenvalue weighted by Gasteiger charge is 2.49. The molecule has 0 aromatic heterocycles. The van der Waals surface area contributed by atoms with Crippen molar-refractivity contribution < 1.29 is 9.90 Å². The molecule has 3 nitrogen and oxygen atoms in total. The molecule has 1 spiro atoms. The average Bonchev–Trinajstić information content (AvgIpc) is 2.71. The first-order valence-corrected chi connectivity index (χ1v) is 6.76. The number of hydrogen-bond acceptors (Lipinski definition) is 2. The van der Waals surface area contributed by atoms with Gasteiger partial charge in [0.15, 0.2) is 0 Å². The first-order chi connectivity index (χ1) is 8.74. The van der Waals surface area contributed by atoms with Crippen molar-refractivity contribution in [3.8, 4) is 0 Å². The van der Waals surface area contributed by atoms with Crippen LogP contribution in [0.25, 0.3) is 0 Å². The monoisotopic (exact) mass is 245 g/mol. The van der Waals surface area contributed by atoms with Gasteiger partial charge in [0.1, 0.15) is 0 Å². The smallest absolute Gasteiger partial charge is 0.308 e. The quantitative estimate of drug-likeness (QED) is 0.795. The van der Waals surface area contributed by atoms with Crippen LogP contribution in [0, 0.1) is 5.92 Å². The molecule has 0 saturated carbocycles. The molecule has 1 aromatic rings. The second-order valence-corrected chi connectivity index (χ2v) is 5.54. The van der Waals surface area contributed by atoms with Crippen molar-refractivity contribution >= 4 is 5.97 Å². The summed E-state index contributed by atoms with van der Waals surface area (Å²) < 4.78 is 0. The molecule has 3 rings (SSSR count). The molecule has 3 heteroatoms. The summed E-state index contributed by atoms with van der Waals surface area (Å²) in [6.07, 6.45) is 4.38. The van der Waals surface area contributed by atoms with E-state index in [0.717, 1.165) is 25.8 Å². The van der Waals surface area contributed by atoms with Crippen molar-refractivity contribution in [1.82, 2.24) is 5.32 Å². The molecule has 1 aromatic carbocycles. The van der Waals surface area contributed by atoms with Gasteiger partial charge in [-0.3, -0.25) is 4.79 Å². The van der Waals surface area contributed by atoms with Gasteiger partial charge in [-0.25, -0.2) is 0 Å². The Morgan fingerprint density at radius 1 is 1.33 bits per heavy atom. The molecule has 2 unspecified atom stereocenters. The third-order valence-corrected chi connectivity index (χ3v) is 4.63. The summed E-state index contributed by atoms with van der Waals surface area (Å²) in [6.45, 7) is 1.41. The number of aryl methyl sites for hydroxylation is 1. The topological polar surface area (TPSA) is 49.3 Å². The Balaban J connectivity index is 2.13. The van der Waals surface area contributed by atoms with Crippen LogP contribution in [0.4, 0.5) is 0 Å². The molecule has 0 bridgehead atoms. The van der Waals surface area contributed by atoms with E-state index < -0.39 is 5.97 Å². The summed E-state index contributed by atoms with van der Waals surface area (Å²) in [5.74, 6) is -0.937. The van der Waals surface area contributed by atoms with Gasteiger partial charge in [-0.15, -0.1) is 0 Å². The molecule has 1 aliphatic heterocycles. The van der Waals surface area contributed by atoms with Gasteiger partial charge in [-0.1, -0.05) is 30.7 Å². The van der Waals surface area contributed by atoms with E-state index in [2.05, 4.69) is 23.5 Å². The lowest BCUT2D eigenvalue weighted by atomic mass is 9.69. The molecule has 1 aliphatic carbocycles. The third kappa shape index (κ3) is 1.65. The normalized spacial score (nSPS) is 31.0. The number of rotatable bonds is 1. The van der Waals surface area contributed by atoms with Crippen LogP contribution in [0.15, 0.2) is 24.3 Å². The number of aliphatic carboxylic acids is 1. The van der Waals surface area contributed by atoms with Crippen LogP contribution in [0.2, 0.25) is 0 Å². The Morgan fingerprint density at radius 3 is 3.00 bits per heavy atom. The Hall–Kier alpha value is -1.35. The maximum Gasteiger partial charge on any atom is 0.308 e. The fourth-order valence-electron chi connectivity index (χ4n) is 3.74. The number of hydrogen-bond donors (Lipinski definition) is 2. The van der Waals surface area contributed by atoms with Crippen molar-refractivity contribution in [3.05, 3.63) is 35.4 Å². The van der Waals surface area contributed by atoms with Crippen molar-refractivity contribution in [3.63, 3.8) is 0 Å². The standard InChI is InChI=1S/C15H19NO2/c17-14(18)13-9-16-10-15(13)8-4-3-6-11-5-1-2-7-12(11)15/h1-2,5,7,13,16H,3-4,6,8-10H2,(H,17,18). The number of carboxylic acids is 1. The molecule has 2 aliphatic rings. The van der Waals surface area contributed by atoms with Gasteiger partial charge in [0.25, 0.3) is 0 Å². The lowest BCUT2D eigenvalue weighted by molar-refractivity contribution is -0.143. The zero-order valence-electron chi connectivity index (χ0n) is 10.5. The van der Waals surface area contributed by atoms with Crippen molar-refractivity contribution in [1.29, 1.82) is 0 Å². The fraction of sp³-hybridized carbons (Fsp3) is 0.533. The maximum absolute atomic E-state index is 11.6. The molecule has 18 heavy (non-hydrogen) atoms. The number of fused-ring (bicyclic) bond motifs is 2. The molecule has 96 valence electrons.